The highest BCUT2D eigenvalue weighted by molar-refractivity contribution is 5.98. The molecule has 152 valence electrons. The maximum atomic E-state index is 12.5. The fourth-order valence-corrected chi connectivity index (χ4v) is 4.50. The number of nitrogens with zero attached hydrogens (tertiary/aromatic N) is 3. The maximum absolute atomic E-state index is 12.5. The number of likely N-dealkylation sites (tertiary alicyclic amines) is 1. The number of pyridine rings is 1. The molecular formula is C21H31N5O2. The first kappa shape index (κ1) is 19.2. The molecule has 28 heavy (non-hydrogen) atoms. The summed E-state index contributed by atoms with van der Waals surface area (Å²) >= 11 is 0. The molecule has 3 fully saturated rings. The standard InChI is InChI=1S/C21H31N5O2/c1-22-21(28)18-5-2-10-23-19(18)25-12-8-17(9-13-25)26-11-3-4-15(14-26)20(27)24-16-6-7-16/h2,5,10,15-17H,3-4,6-9,11-14H2,1H3,(H,22,28)(H,24,27)/t15-/m1/s1. The van der Waals surface area contributed by atoms with Gasteiger partial charge >= 0.3 is 0 Å². The molecule has 1 saturated carbocycles. The molecular weight excluding hydrogens is 354 g/mol. The molecule has 0 spiro atoms. The summed E-state index contributed by atoms with van der Waals surface area (Å²) in [6.45, 7) is 3.75. The lowest BCUT2D eigenvalue weighted by Crippen LogP contribution is -2.51. The predicted octanol–water partition coefficient (Wildman–Crippen LogP) is 1.40. The van der Waals surface area contributed by atoms with E-state index in [0.717, 1.165) is 70.5 Å². The van der Waals surface area contributed by atoms with Crippen molar-refractivity contribution in [3.8, 4) is 0 Å². The third-order valence-corrected chi connectivity index (χ3v) is 6.29. The molecule has 0 radical (unpaired) electrons. The van der Waals surface area contributed by atoms with Crippen LogP contribution in [-0.4, -0.2) is 67.0 Å². The van der Waals surface area contributed by atoms with Crippen molar-refractivity contribution in [2.24, 2.45) is 5.92 Å². The van der Waals surface area contributed by atoms with Crippen molar-refractivity contribution >= 4 is 17.6 Å². The molecule has 1 aromatic heterocycles. The Morgan fingerprint density at radius 1 is 1.11 bits per heavy atom. The van der Waals surface area contributed by atoms with E-state index in [1.807, 2.05) is 6.07 Å². The van der Waals surface area contributed by atoms with Crippen LogP contribution in [0, 0.1) is 5.92 Å². The number of anilines is 1. The van der Waals surface area contributed by atoms with Crippen LogP contribution in [0.2, 0.25) is 0 Å². The molecule has 2 aliphatic heterocycles. The van der Waals surface area contributed by atoms with Crippen LogP contribution in [0.3, 0.4) is 0 Å². The number of piperidine rings is 2. The van der Waals surface area contributed by atoms with Crippen molar-refractivity contribution < 1.29 is 9.59 Å². The van der Waals surface area contributed by atoms with E-state index in [1.54, 1.807) is 19.3 Å². The first-order valence-electron chi connectivity index (χ1n) is 10.6. The number of amides is 2. The topological polar surface area (TPSA) is 77.6 Å². The summed E-state index contributed by atoms with van der Waals surface area (Å²) in [5.41, 5.74) is 0.637. The Bertz CT molecular complexity index is 713. The summed E-state index contributed by atoms with van der Waals surface area (Å²) in [6.07, 6.45) is 8.24. The van der Waals surface area contributed by atoms with E-state index in [-0.39, 0.29) is 17.7 Å². The molecule has 2 amide bonds. The van der Waals surface area contributed by atoms with Gasteiger partial charge in [-0.3, -0.25) is 14.5 Å². The second kappa shape index (κ2) is 8.47. The van der Waals surface area contributed by atoms with Gasteiger partial charge in [0.25, 0.3) is 5.91 Å². The van der Waals surface area contributed by atoms with Crippen LogP contribution in [0.4, 0.5) is 5.82 Å². The van der Waals surface area contributed by atoms with Gasteiger partial charge in [0.2, 0.25) is 5.91 Å². The molecule has 4 rings (SSSR count). The van der Waals surface area contributed by atoms with E-state index in [1.165, 1.54) is 0 Å². The summed E-state index contributed by atoms with van der Waals surface area (Å²) in [7, 11) is 1.65. The van der Waals surface area contributed by atoms with Gasteiger partial charge in [0.15, 0.2) is 0 Å². The molecule has 0 aromatic carbocycles. The van der Waals surface area contributed by atoms with Gasteiger partial charge in [0.1, 0.15) is 5.82 Å². The van der Waals surface area contributed by atoms with E-state index in [4.69, 9.17) is 0 Å². The number of hydrogen-bond acceptors (Lipinski definition) is 5. The second-order valence-corrected chi connectivity index (χ2v) is 8.29. The van der Waals surface area contributed by atoms with Crippen molar-refractivity contribution in [1.29, 1.82) is 0 Å². The molecule has 0 unspecified atom stereocenters. The number of aromatic nitrogens is 1. The van der Waals surface area contributed by atoms with E-state index in [9.17, 15) is 9.59 Å². The lowest BCUT2D eigenvalue weighted by atomic mass is 9.93. The van der Waals surface area contributed by atoms with Crippen molar-refractivity contribution in [2.75, 3.05) is 38.1 Å². The summed E-state index contributed by atoms with van der Waals surface area (Å²) in [5, 5.41) is 5.88. The van der Waals surface area contributed by atoms with Gasteiger partial charge in [-0.25, -0.2) is 4.98 Å². The molecule has 2 N–H and O–H groups in total. The van der Waals surface area contributed by atoms with Gasteiger partial charge in [-0.15, -0.1) is 0 Å². The Kier molecular flexibility index (Phi) is 5.80. The minimum absolute atomic E-state index is 0.0919. The van der Waals surface area contributed by atoms with E-state index in [2.05, 4.69) is 25.4 Å². The largest absolute Gasteiger partial charge is 0.356 e. The van der Waals surface area contributed by atoms with Crippen molar-refractivity contribution in [3.05, 3.63) is 23.9 Å². The monoisotopic (exact) mass is 385 g/mol. The number of hydrogen-bond donors (Lipinski definition) is 2. The first-order chi connectivity index (χ1) is 13.7. The van der Waals surface area contributed by atoms with Gasteiger partial charge in [-0.1, -0.05) is 0 Å². The molecule has 7 nitrogen and oxygen atoms in total. The minimum atomic E-state index is -0.0919. The fraction of sp³-hybridized carbons (Fsp3) is 0.667. The molecule has 3 heterocycles. The average molecular weight is 386 g/mol. The third-order valence-electron chi connectivity index (χ3n) is 6.29. The summed E-state index contributed by atoms with van der Waals surface area (Å²) in [6, 6.07) is 4.60. The van der Waals surface area contributed by atoms with Gasteiger partial charge in [0, 0.05) is 45.0 Å². The van der Waals surface area contributed by atoms with Gasteiger partial charge in [-0.05, 0) is 57.2 Å². The highest BCUT2D eigenvalue weighted by atomic mass is 16.2. The number of nitrogens with one attached hydrogen (secondary N) is 2. The zero-order valence-electron chi connectivity index (χ0n) is 16.7. The van der Waals surface area contributed by atoms with Crippen LogP contribution in [0.15, 0.2) is 18.3 Å². The van der Waals surface area contributed by atoms with Gasteiger partial charge < -0.3 is 15.5 Å². The van der Waals surface area contributed by atoms with Crippen molar-refractivity contribution in [1.82, 2.24) is 20.5 Å². The van der Waals surface area contributed by atoms with Crippen LogP contribution >= 0.6 is 0 Å². The Labute approximate surface area is 166 Å². The van der Waals surface area contributed by atoms with Crippen LogP contribution in [0.1, 0.15) is 48.9 Å². The van der Waals surface area contributed by atoms with Crippen molar-refractivity contribution in [3.63, 3.8) is 0 Å². The van der Waals surface area contributed by atoms with E-state index in [0.29, 0.717) is 17.6 Å². The Balaban J connectivity index is 1.34. The number of carbonyl (C=O) groups is 2. The summed E-state index contributed by atoms with van der Waals surface area (Å²) < 4.78 is 0. The molecule has 1 aromatic rings. The highest BCUT2D eigenvalue weighted by Gasteiger charge is 2.34. The Morgan fingerprint density at radius 3 is 2.61 bits per heavy atom. The summed E-state index contributed by atoms with van der Waals surface area (Å²) in [5.74, 6) is 1.09. The number of rotatable bonds is 5. The van der Waals surface area contributed by atoms with Crippen LogP contribution in [-0.2, 0) is 4.79 Å². The van der Waals surface area contributed by atoms with Gasteiger partial charge in [-0.2, -0.15) is 0 Å². The number of carbonyl (C=O) groups excluding carboxylic acids is 2. The first-order valence-corrected chi connectivity index (χ1v) is 10.6. The zero-order chi connectivity index (χ0) is 19.5. The lowest BCUT2D eigenvalue weighted by molar-refractivity contribution is -0.127. The average Bonchev–Trinajstić information content (AvgIpc) is 3.57. The zero-order valence-corrected chi connectivity index (χ0v) is 16.7. The third kappa shape index (κ3) is 4.29. The SMILES string of the molecule is CNC(=O)c1cccnc1N1CCC(N2CCC[C@@H](C(=O)NC3CC3)C2)CC1. The molecule has 1 atom stereocenters. The molecule has 1 aliphatic carbocycles. The molecule has 7 heteroatoms. The normalized spacial score (nSPS) is 24.0. The highest BCUT2D eigenvalue weighted by Crippen LogP contribution is 2.28. The smallest absolute Gasteiger partial charge is 0.254 e. The molecule has 2 saturated heterocycles. The van der Waals surface area contributed by atoms with Crippen LogP contribution < -0.4 is 15.5 Å². The summed E-state index contributed by atoms with van der Waals surface area (Å²) in [4.78, 5) is 33.8. The quantitative estimate of drug-likeness (QED) is 0.801. The maximum Gasteiger partial charge on any atom is 0.254 e. The second-order valence-electron chi connectivity index (χ2n) is 8.29. The van der Waals surface area contributed by atoms with Crippen molar-refractivity contribution in [2.45, 2.75) is 50.6 Å². The fourth-order valence-electron chi connectivity index (χ4n) is 4.50. The Hall–Kier alpha value is -2.15. The van der Waals surface area contributed by atoms with Crippen LogP contribution in [0.5, 0.6) is 0 Å². The Morgan fingerprint density at radius 2 is 1.89 bits per heavy atom. The predicted molar refractivity (Wildman–Crippen MR) is 108 cm³/mol. The molecule has 0 bridgehead atoms. The minimum Gasteiger partial charge on any atom is -0.356 e. The van der Waals surface area contributed by atoms with E-state index >= 15 is 0 Å². The lowest BCUT2D eigenvalue weighted by Gasteiger charge is -2.42. The van der Waals surface area contributed by atoms with Gasteiger partial charge in [0.05, 0.1) is 11.5 Å². The van der Waals surface area contributed by atoms with E-state index < -0.39 is 0 Å². The molecule has 3 aliphatic rings. The van der Waals surface area contributed by atoms with Crippen LogP contribution in [0.25, 0.3) is 0 Å².